The Bertz CT molecular complexity index is 1290. The predicted octanol–water partition coefficient (Wildman–Crippen LogP) is 5.65. The van der Waals surface area contributed by atoms with Crippen LogP contribution in [0.5, 0.6) is 0 Å². The fourth-order valence-corrected chi connectivity index (χ4v) is 4.39. The van der Waals surface area contributed by atoms with Crippen molar-refractivity contribution in [3.05, 3.63) is 60.0 Å². The Morgan fingerprint density at radius 3 is 2.26 bits per heavy atom. The van der Waals surface area contributed by atoms with Gasteiger partial charge in [-0.05, 0) is 62.8 Å². The van der Waals surface area contributed by atoms with E-state index in [1.807, 2.05) is 55.9 Å². The van der Waals surface area contributed by atoms with Crippen LogP contribution in [-0.2, 0) is 10.2 Å². The Labute approximate surface area is 224 Å². The Balaban J connectivity index is 1.42. The van der Waals surface area contributed by atoms with E-state index in [0.717, 1.165) is 24.0 Å². The molecule has 1 saturated heterocycles. The van der Waals surface area contributed by atoms with Crippen molar-refractivity contribution >= 4 is 23.5 Å². The van der Waals surface area contributed by atoms with Gasteiger partial charge in [0.05, 0.1) is 17.8 Å². The van der Waals surface area contributed by atoms with Crippen molar-refractivity contribution in [2.24, 2.45) is 0 Å². The van der Waals surface area contributed by atoms with Crippen molar-refractivity contribution in [3.8, 4) is 11.1 Å². The van der Waals surface area contributed by atoms with E-state index in [1.165, 1.54) is 5.56 Å². The van der Waals surface area contributed by atoms with Gasteiger partial charge in [-0.3, -0.25) is 9.48 Å². The lowest BCUT2D eigenvalue weighted by Crippen LogP contribution is -2.42. The number of nitrogens with zero attached hydrogens (tertiary/aromatic N) is 4. The highest BCUT2D eigenvalue weighted by atomic mass is 16.6. The van der Waals surface area contributed by atoms with Gasteiger partial charge in [0.2, 0.25) is 0 Å². The molecule has 9 nitrogen and oxygen atoms in total. The van der Waals surface area contributed by atoms with Crippen LogP contribution in [0.2, 0.25) is 0 Å². The highest BCUT2D eigenvalue weighted by Crippen LogP contribution is 2.28. The highest BCUT2D eigenvalue weighted by molar-refractivity contribution is 6.07. The first kappa shape index (κ1) is 27.2. The van der Waals surface area contributed by atoms with Crippen LogP contribution in [0.3, 0.4) is 0 Å². The van der Waals surface area contributed by atoms with Gasteiger partial charge in [0.1, 0.15) is 11.4 Å². The number of benzene rings is 1. The molecule has 3 aromatic rings. The third kappa shape index (κ3) is 6.51. The van der Waals surface area contributed by atoms with Gasteiger partial charge in [0.15, 0.2) is 0 Å². The van der Waals surface area contributed by atoms with Crippen molar-refractivity contribution in [1.82, 2.24) is 19.7 Å². The molecule has 0 unspecified atom stereocenters. The van der Waals surface area contributed by atoms with Gasteiger partial charge < -0.3 is 20.7 Å². The number of carbonyl (C=O) groups is 2. The number of amides is 2. The number of nitrogen functional groups attached to an aromatic ring is 1. The molecule has 2 aromatic heterocycles. The molecule has 0 radical (unpaired) electrons. The molecule has 0 saturated carbocycles. The summed E-state index contributed by atoms with van der Waals surface area (Å²) >= 11 is 0. The largest absolute Gasteiger partial charge is 0.444 e. The van der Waals surface area contributed by atoms with E-state index in [9.17, 15) is 9.59 Å². The van der Waals surface area contributed by atoms with Crippen molar-refractivity contribution in [1.29, 1.82) is 0 Å². The first-order valence-corrected chi connectivity index (χ1v) is 13.0. The van der Waals surface area contributed by atoms with Crippen LogP contribution < -0.4 is 11.1 Å². The molecule has 1 aliphatic heterocycles. The molecule has 9 heteroatoms. The summed E-state index contributed by atoms with van der Waals surface area (Å²) in [6, 6.07) is 9.73. The molecule has 2 amide bonds. The zero-order valence-electron chi connectivity index (χ0n) is 23.1. The number of nitrogens with one attached hydrogen (secondary N) is 1. The molecule has 4 rings (SSSR count). The number of likely N-dealkylation sites (tertiary alicyclic amines) is 1. The number of ether oxygens (including phenoxy) is 1. The van der Waals surface area contributed by atoms with E-state index in [0.29, 0.717) is 24.3 Å². The lowest BCUT2D eigenvalue weighted by Gasteiger charge is -2.33. The number of rotatable bonds is 4. The van der Waals surface area contributed by atoms with Crippen LogP contribution in [0.15, 0.2) is 48.9 Å². The standard InChI is InChI=1S/C29H38N6O3/c1-28(2,3)21-7-9-22(10-8-21)33-26(36)24-15-19(16-31-25(24)30)20-17-32-35(18-20)23-11-13-34(14-12-23)27(37)38-29(4,5)6/h7-10,15-18,23H,11-14H2,1-6H3,(H2,30,31)(H,33,36). The normalized spacial score (nSPS) is 14.8. The molecule has 0 bridgehead atoms. The lowest BCUT2D eigenvalue weighted by atomic mass is 9.87. The Hall–Kier alpha value is -3.88. The molecule has 1 fully saturated rings. The Morgan fingerprint density at radius 1 is 1.00 bits per heavy atom. The summed E-state index contributed by atoms with van der Waals surface area (Å²) in [4.78, 5) is 31.4. The molecule has 0 spiro atoms. The SMILES string of the molecule is CC(C)(C)OC(=O)N1CCC(n2cc(-c3cnc(N)c(C(=O)Nc4ccc(C(C)(C)C)cc4)c3)cn2)CC1. The fraction of sp³-hybridized carbons (Fsp3) is 0.448. The van der Waals surface area contributed by atoms with Crippen molar-refractivity contribution in [3.63, 3.8) is 0 Å². The minimum Gasteiger partial charge on any atom is -0.444 e. The highest BCUT2D eigenvalue weighted by Gasteiger charge is 2.28. The molecule has 38 heavy (non-hydrogen) atoms. The van der Waals surface area contributed by atoms with E-state index in [-0.39, 0.29) is 29.3 Å². The number of hydrogen-bond acceptors (Lipinski definition) is 6. The molecule has 3 heterocycles. The summed E-state index contributed by atoms with van der Waals surface area (Å²) in [6.07, 6.45) is 6.65. The number of piperidine rings is 1. The first-order valence-electron chi connectivity index (χ1n) is 13.0. The van der Waals surface area contributed by atoms with Gasteiger partial charge >= 0.3 is 6.09 Å². The average molecular weight is 519 g/mol. The molecule has 1 aromatic carbocycles. The predicted molar refractivity (Wildman–Crippen MR) is 149 cm³/mol. The summed E-state index contributed by atoms with van der Waals surface area (Å²) in [5, 5.41) is 7.48. The average Bonchev–Trinajstić information content (AvgIpc) is 3.33. The molecular weight excluding hydrogens is 480 g/mol. The van der Waals surface area contributed by atoms with Crippen LogP contribution in [0, 0.1) is 0 Å². The number of carbonyl (C=O) groups excluding carboxylic acids is 2. The second-order valence-corrected chi connectivity index (χ2v) is 11.8. The summed E-state index contributed by atoms with van der Waals surface area (Å²) in [7, 11) is 0. The molecular formula is C29H38N6O3. The third-order valence-corrected chi connectivity index (χ3v) is 6.60. The lowest BCUT2D eigenvalue weighted by molar-refractivity contribution is 0.0184. The number of aromatic nitrogens is 3. The van der Waals surface area contributed by atoms with Gasteiger partial charge in [0.25, 0.3) is 5.91 Å². The molecule has 3 N–H and O–H groups in total. The van der Waals surface area contributed by atoms with Gasteiger partial charge in [-0.1, -0.05) is 32.9 Å². The van der Waals surface area contributed by atoms with E-state index in [2.05, 4.69) is 36.2 Å². The Kier molecular flexibility index (Phi) is 7.49. The van der Waals surface area contributed by atoms with Crippen LogP contribution >= 0.6 is 0 Å². The van der Waals surface area contributed by atoms with Crippen molar-refractivity contribution in [2.75, 3.05) is 24.1 Å². The summed E-state index contributed by atoms with van der Waals surface area (Å²) in [5.41, 5.74) is 9.37. The fourth-order valence-electron chi connectivity index (χ4n) is 4.39. The molecule has 0 aliphatic carbocycles. The monoisotopic (exact) mass is 518 g/mol. The van der Waals surface area contributed by atoms with Gasteiger partial charge in [-0.2, -0.15) is 5.10 Å². The van der Waals surface area contributed by atoms with Crippen LogP contribution in [0.25, 0.3) is 11.1 Å². The maximum atomic E-state index is 13.0. The van der Waals surface area contributed by atoms with Crippen LogP contribution in [0.4, 0.5) is 16.3 Å². The third-order valence-electron chi connectivity index (χ3n) is 6.60. The maximum Gasteiger partial charge on any atom is 0.410 e. The van der Waals surface area contributed by atoms with E-state index >= 15 is 0 Å². The Morgan fingerprint density at radius 2 is 1.66 bits per heavy atom. The second kappa shape index (κ2) is 10.5. The molecule has 1 aliphatic rings. The number of pyridine rings is 1. The van der Waals surface area contributed by atoms with Gasteiger partial charge in [-0.25, -0.2) is 9.78 Å². The van der Waals surface area contributed by atoms with Gasteiger partial charge in [-0.15, -0.1) is 0 Å². The summed E-state index contributed by atoms with van der Waals surface area (Å²) < 4.78 is 7.42. The van der Waals surface area contributed by atoms with E-state index in [1.54, 1.807) is 23.4 Å². The maximum absolute atomic E-state index is 13.0. The summed E-state index contributed by atoms with van der Waals surface area (Å²) in [6.45, 7) is 13.3. The molecule has 0 atom stereocenters. The van der Waals surface area contributed by atoms with Crippen LogP contribution in [-0.4, -0.2) is 50.4 Å². The summed E-state index contributed by atoms with van der Waals surface area (Å²) in [5.74, 6) is -0.151. The van der Waals surface area contributed by atoms with Crippen LogP contribution in [0.1, 0.15) is 76.3 Å². The topological polar surface area (TPSA) is 115 Å². The van der Waals surface area contributed by atoms with Gasteiger partial charge in [0, 0.05) is 42.3 Å². The van der Waals surface area contributed by atoms with Crippen molar-refractivity contribution in [2.45, 2.75) is 71.4 Å². The van der Waals surface area contributed by atoms with Crippen molar-refractivity contribution < 1.29 is 14.3 Å². The number of anilines is 2. The van der Waals surface area contributed by atoms with E-state index < -0.39 is 5.60 Å². The zero-order valence-corrected chi connectivity index (χ0v) is 23.1. The number of hydrogen-bond donors (Lipinski definition) is 2. The molecule has 202 valence electrons. The minimum absolute atomic E-state index is 0.0325. The number of nitrogens with two attached hydrogens (primary N) is 1. The second-order valence-electron chi connectivity index (χ2n) is 11.8. The quantitative estimate of drug-likeness (QED) is 0.461. The smallest absolute Gasteiger partial charge is 0.410 e. The minimum atomic E-state index is -0.509. The zero-order chi connectivity index (χ0) is 27.7. The van der Waals surface area contributed by atoms with E-state index in [4.69, 9.17) is 10.5 Å². The first-order chi connectivity index (χ1) is 17.8.